The molecule has 0 spiro atoms. The number of esters is 2. The fourth-order valence-electron chi connectivity index (χ4n) is 2.09. The van der Waals surface area contributed by atoms with Gasteiger partial charge in [0.25, 0.3) is 0 Å². The van der Waals surface area contributed by atoms with Crippen LogP contribution in [0.2, 0.25) is 0 Å². The molecule has 122 valence electrons. The average molecular weight is 306 g/mol. The Labute approximate surface area is 132 Å². The maximum Gasteiger partial charge on any atom is 0.302 e. The van der Waals surface area contributed by atoms with Crippen LogP contribution >= 0.6 is 0 Å². The van der Waals surface area contributed by atoms with Crippen molar-refractivity contribution >= 4 is 11.9 Å². The Morgan fingerprint density at radius 2 is 1.23 bits per heavy atom. The molecule has 0 bridgehead atoms. The predicted molar refractivity (Wildman–Crippen MR) is 85.8 cm³/mol. The molecule has 0 heterocycles. The Morgan fingerprint density at radius 3 is 1.55 bits per heavy atom. The maximum atomic E-state index is 11.0. The van der Waals surface area contributed by atoms with Crippen molar-refractivity contribution in [1.29, 1.82) is 0 Å². The summed E-state index contributed by atoms with van der Waals surface area (Å²) in [5.41, 5.74) is 1.61. The summed E-state index contributed by atoms with van der Waals surface area (Å²) in [6.07, 6.45) is 0. The fraction of sp³-hybridized carbons (Fsp3) is 0.556. The van der Waals surface area contributed by atoms with Gasteiger partial charge in [0.1, 0.15) is 13.2 Å². The summed E-state index contributed by atoms with van der Waals surface area (Å²) in [5, 5.41) is 0. The average Bonchev–Trinajstić information content (AvgIpc) is 2.43. The molecule has 0 aromatic heterocycles. The van der Waals surface area contributed by atoms with Crippen molar-refractivity contribution in [2.75, 3.05) is 13.2 Å². The number of hydrogen-bond acceptors (Lipinski definition) is 4. The zero-order chi connectivity index (χ0) is 17.0. The summed E-state index contributed by atoms with van der Waals surface area (Å²) in [5.74, 6) is -0.557. The summed E-state index contributed by atoms with van der Waals surface area (Å²) in [7, 11) is 0. The lowest BCUT2D eigenvalue weighted by Crippen LogP contribution is -2.28. The standard InChI is InChI=1S/C18H26O4/c1-13(19)21-11-17(3,4)15-8-7-9-16(10-15)18(5,6)12-22-14(2)20/h7-10H,11-12H2,1-6H3. The summed E-state index contributed by atoms with van der Waals surface area (Å²) >= 11 is 0. The van der Waals surface area contributed by atoms with E-state index in [0.717, 1.165) is 11.1 Å². The van der Waals surface area contributed by atoms with Gasteiger partial charge in [-0.25, -0.2) is 0 Å². The van der Waals surface area contributed by atoms with Gasteiger partial charge in [0.05, 0.1) is 0 Å². The zero-order valence-corrected chi connectivity index (χ0v) is 14.4. The number of carbonyl (C=O) groups is 2. The van der Waals surface area contributed by atoms with Crippen LogP contribution in [0, 0.1) is 0 Å². The largest absolute Gasteiger partial charge is 0.465 e. The highest BCUT2D eigenvalue weighted by Crippen LogP contribution is 2.30. The first-order chi connectivity index (χ1) is 10.0. The van der Waals surface area contributed by atoms with Gasteiger partial charge in [-0.3, -0.25) is 9.59 Å². The Morgan fingerprint density at radius 1 is 0.864 bits per heavy atom. The summed E-state index contributed by atoms with van der Waals surface area (Å²) in [6, 6.07) is 8.12. The highest BCUT2D eigenvalue weighted by atomic mass is 16.5. The van der Waals surface area contributed by atoms with Crippen molar-refractivity contribution in [2.45, 2.75) is 52.4 Å². The molecule has 0 aliphatic rings. The van der Waals surface area contributed by atoms with Crippen LogP contribution in [0.5, 0.6) is 0 Å². The van der Waals surface area contributed by atoms with Gasteiger partial charge >= 0.3 is 11.9 Å². The molecule has 0 aliphatic heterocycles. The van der Waals surface area contributed by atoms with Gasteiger partial charge in [-0.05, 0) is 11.1 Å². The van der Waals surface area contributed by atoms with E-state index in [1.54, 1.807) is 0 Å². The molecule has 1 aromatic rings. The van der Waals surface area contributed by atoms with E-state index in [9.17, 15) is 9.59 Å². The van der Waals surface area contributed by atoms with E-state index >= 15 is 0 Å². The van der Waals surface area contributed by atoms with Crippen LogP contribution in [0.1, 0.15) is 52.7 Å². The quantitative estimate of drug-likeness (QED) is 0.756. The Kier molecular flexibility index (Phi) is 5.75. The molecular formula is C18H26O4. The van der Waals surface area contributed by atoms with Crippen LogP contribution in [-0.2, 0) is 29.9 Å². The van der Waals surface area contributed by atoms with E-state index in [-0.39, 0.29) is 22.8 Å². The highest BCUT2D eigenvalue weighted by Gasteiger charge is 2.27. The number of rotatable bonds is 6. The molecule has 0 atom stereocenters. The van der Waals surface area contributed by atoms with E-state index in [1.165, 1.54) is 13.8 Å². The topological polar surface area (TPSA) is 52.6 Å². The van der Waals surface area contributed by atoms with Gasteiger partial charge in [0, 0.05) is 24.7 Å². The van der Waals surface area contributed by atoms with Crippen molar-refractivity contribution in [3.05, 3.63) is 35.4 Å². The molecule has 0 unspecified atom stereocenters. The van der Waals surface area contributed by atoms with E-state index in [0.29, 0.717) is 13.2 Å². The molecule has 1 rings (SSSR count). The van der Waals surface area contributed by atoms with Crippen LogP contribution in [0.25, 0.3) is 0 Å². The Hall–Kier alpha value is -1.84. The van der Waals surface area contributed by atoms with Crippen molar-refractivity contribution in [3.8, 4) is 0 Å². The molecule has 4 heteroatoms. The van der Waals surface area contributed by atoms with Gasteiger partial charge in [-0.15, -0.1) is 0 Å². The van der Waals surface area contributed by atoms with Gasteiger partial charge < -0.3 is 9.47 Å². The third-order valence-corrected chi connectivity index (χ3v) is 3.70. The Balaban J connectivity index is 2.97. The molecule has 0 saturated heterocycles. The molecule has 0 saturated carbocycles. The maximum absolute atomic E-state index is 11.0. The molecule has 0 fully saturated rings. The normalized spacial score (nSPS) is 11.9. The number of carbonyl (C=O) groups excluding carboxylic acids is 2. The van der Waals surface area contributed by atoms with Crippen molar-refractivity contribution in [2.24, 2.45) is 0 Å². The molecular weight excluding hydrogens is 280 g/mol. The van der Waals surface area contributed by atoms with E-state index in [2.05, 4.69) is 6.07 Å². The lowest BCUT2D eigenvalue weighted by atomic mass is 9.79. The van der Waals surface area contributed by atoms with Crippen molar-refractivity contribution in [3.63, 3.8) is 0 Å². The van der Waals surface area contributed by atoms with E-state index in [1.807, 2.05) is 45.9 Å². The predicted octanol–water partition coefficient (Wildman–Crippen LogP) is 3.37. The molecule has 0 amide bonds. The minimum Gasteiger partial charge on any atom is -0.465 e. The summed E-state index contributed by atoms with van der Waals surface area (Å²) in [6.45, 7) is 11.6. The lowest BCUT2D eigenvalue weighted by molar-refractivity contribution is -0.143. The first kappa shape index (κ1) is 18.2. The van der Waals surface area contributed by atoms with Crippen LogP contribution in [0.4, 0.5) is 0 Å². The SMILES string of the molecule is CC(=O)OCC(C)(C)c1cccc(C(C)(C)COC(C)=O)c1. The monoisotopic (exact) mass is 306 g/mol. The minimum absolute atomic E-state index is 0.278. The van der Waals surface area contributed by atoms with Crippen molar-refractivity contribution < 1.29 is 19.1 Å². The van der Waals surface area contributed by atoms with Gasteiger partial charge in [-0.1, -0.05) is 52.0 Å². The molecule has 22 heavy (non-hydrogen) atoms. The smallest absolute Gasteiger partial charge is 0.302 e. The highest BCUT2D eigenvalue weighted by molar-refractivity contribution is 5.66. The van der Waals surface area contributed by atoms with Gasteiger partial charge in [-0.2, -0.15) is 0 Å². The second-order valence-corrected chi connectivity index (χ2v) is 6.91. The summed E-state index contributed by atoms with van der Waals surface area (Å²) < 4.78 is 10.3. The zero-order valence-electron chi connectivity index (χ0n) is 14.4. The van der Waals surface area contributed by atoms with Crippen LogP contribution in [0.15, 0.2) is 24.3 Å². The number of benzene rings is 1. The Bertz CT molecular complexity index is 499. The van der Waals surface area contributed by atoms with Gasteiger partial charge in [0.2, 0.25) is 0 Å². The van der Waals surface area contributed by atoms with E-state index < -0.39 is 0 Å². The minimum atomic E-state index is -0.279. The fourth-order valence-corrected chi connectivity index (χ4v) is 2.09. The second-order valence-electron chi connectivity index (χ2n) is 6.91. The number of hydrogen-bond donors (Lipinski definition) is 0. The molecule has 4 nitrogen and oxygen atoms in total. The number of ether oxygens (including phenoxy) is 2. The van der Waals surface area contributed by atoms with Crippen LogP contribution < -0.4 is 0 Å². The molecule has 0 aliphatic carbocycles. The third kappa shape index (κ3) is 5.17. The van der Waals surface area contributed by atoms with Crippen LogP contribution in [0.3, 0.4) is 0 Å². The third-order valence-electron chi connectivity index (χ3n) is 3.70. The summed E-state index contributed by atoms with van der Waals surface area (Å²) in [4.78, 5) is 22.1. The molecule has 0 N–H and O–H groups in total. The first-order valence-corrected chi connectivity index (χ1v) is 7.42. The van der Waals surface area contributed by atoms with Crippen LogP contribution in [-0.4, -0.2) is 25.2 Å². The van der Waals surface area contributed by atoms with Crippen molar-refractivity contribution in [1.82, 2.24) is 0 Å². The van der Waals surface area contributed by atoms with Gasteiger partial charge in [0.15, 0.2) is 0 Å². The first-order valence-electron chi connectivity index (χ1n) is 7.42. The molecule has 1 aromatic carbocycles. The second kappa shape index (κ2) is 6.95. The molecule has 0 radical (unpaired) electrons. The van der Waals surface area contributed by atoms with E-state index in [4.69, 9.17) is 9.47 Å². The lowest BCUT2D eigenvalue weighted by Gasteiger charge is -2.29.